The van der Waals surface area contributed by atoms with Gasteiger partial charge in [0.15, 0.2) is 16.8 Å². The van der Waals surface area contributed by atoms with Crippen molar-refractivity contribution in [1.82, 2.24) is 30.5 Å². The Labute approximate surface area is 406 Å². The van der Waals surface area contributed by atoms with Crippen LogP contribution in [-0.4, -0.2) is 131 Å². The Morgan fingerprint density at radius 2 is 1.53 bits per heavy atom. The summed E-state index contributed by atoms with van der Waals surface area (Å²) in [5.41, 5.74) is 4.94. The second-order valence-electron chi connectivity index (χ2n) is 16.7. The number of carbonyl (C=O) groups excluding carboxylic acids is 5. The summed E-state index contributed by atoms with van der Waals surface area (Å²) in [4.78, 5) is 78.6. The van der Waals surface area contributed by atoms with Gasteiger partial charge in [0, 0.05) is 73.8 Å². The topological polar surface area (TPSA) is 245 Å². The van der Waals surface area contributed by atoms with Crippen molar-refractivity contribution in [3.8, 4) is 45.3 Å². The zero-order valence-corrected chi connectivity index (χ0v) is 38.9. The van der Waals surface area contributed by atoms with E-state index in [1.54, 1.807) is 33.8 Å². The van der Waals surface area contributed by atoms with Gasteiger partial charge in [0.1, 0.15) is 17.7 Å². The van der Waals surface area contributed by atoms with Gasteiger partial charge in [-0.15, -0.1) is 5.10 Å². The van der Waals surface area contributed by atoms with E-state index in [4.69, 9.17) is 18.6 Å². The smallest absolute Gasteiger partial charge is 0.251 e. The molecule has 2 aliphatic rings. The molecule has 4 aromatic carbocycles. The molecule has 1 saturated heterocycles. The van der Waals surface area contributed by atoms with Gasteiger partial charge in [0.05, 0.1) is 74.2 Å². The summed E-state index contributed by atoms with van der Waals surface area (Å²) >= 11 is 4.29. The van der Waals surface area contributed by atoms with Gasteiger partial charge in [-0.05, 0) is 35.9 Å². The molecule has 1 unspecified atom stereocenters. The minimum absolute atomic E-state index is 0.000696. The Morgan fingerprint density at radius 1 is 0.814 bits per heavy atom. The molecule has 0 saturated carbocycles. The number of anilines is 1. The Bertz CT molecular complexity index is 2960. The first-order valence-corrected chi connectivity index (χ1v) is 23.1. The number of rotatable bonds is 21. The van der Waals surface area contributed by atoms with Crippen molar-refractivity contribution in [2.75, 3.05) is 70.7 Å². The number of aromatic nitrogens is 3. The second-order valence-corrected chi connectivity index (χ2v) is 17.6. The molecule has 0 bridgehead atoms. The zero-order chi connectivity index (χ0) is 49.2. The molecule has 0 aliphatic carbocycles. The van der Waals surface area contributed by atoms with E-state index in [1.165, 1.54) is 23.1 Å². The fourth-order valence-corrected chi connectivity index (χ4v) is 8.55. The molecule has 20 heteroatoms. The summed E-state index contributed by atoms with van der Waals surface area (Å²) in [7, 11) is 0. The van der Waals surface area contributed by atoms with Gasteiger partial charge in [-0.2, -0.15) is 12.6 Å². The Hall–Kier alpha value is -7.39. The van der Waals surface area contributed by atoms with Crippen molar-refractivity contribution in [2.24, 2.45) is 0 Å². The Morgan fingerprint density at radius 3 is 2.29 bits per heavy atom. The summed E-state index contributed by atoms with van der Waals surface area (Å²) in [5.74, 6) is -1.81. The van der Waals surface area contributed by atoms with E-state index in [9.17, 15) is 39.0 Å². The molecule has 1 atom stereocenters. The molecule has 4 heterocycles. The maximum Gasteiger partial charge on any atom is 0.251 e. The molecule has 6 aromatic rings. The number of hydrogen-bond donors (Lipinski definition) is 5. The van der Waals surface area contributed by atoms with Crippen LogP contribution in [0.3, 0.4) is 0 Å². The number of phenols is 2. The van der Waals surface area contributed by atoms with Crippen LogP contribution in [0.1, 0.15) is 35.2 Å². The normalized spacial score (nSPS) is 15.2. The molecule has 1 fully saturated rings. The SMILES string of the molecule is O=CC1(S)CC(=O)N(CCC(=O)NCCC(=O)N2Cc3ccccc3-c3c(nnn3CCOCCOCCOCCNC(=O)c3ccc(-c4cc(=O)c5ccc(O)c(O)c5o4)cc3)-c3ccccc32)C1. The van der Waals surface area contributed by atoms with Crippen molar-refractivity contribution in [3.05, 3.63) is 112 Å². The number of likely N-dealkylation sites (tertiary alicyclic amines) is 1. The highest BCUT2D eigenvalue weighted by Gasteiger charge is 2.40. The lowest BCUT2D eigenvalue weighted by atomic mass is 9.95. The predicted molar refractivity (Wildman–Crippen MR) is 259 cm³/mol. The van der Waals surface area contributed by atoms with Crippen LogP contribution in [0, 0.1) is 0 Å². The summed E-state index contributed by atoms with van der Waals surface area (Å²) in [5, 5.41) is 34.8. The van der Waals surface area contributed by atoms with Crippen molar-refractivity contribution < 1.29 is 52.8 Å². The van der Waals surface area contributed by atoms with E-state index in [2.05, 4.69) is 33.6 Å². The fourth-order valence-electron chi connectivity index (χ4n) is 8.25. The third kappa shape index (κ3) is 11.4. The predicted octanol–water partition coefficient (Wildman–Crippen LogP) is 4.12. The molecule has 70 heavy (non-hydrogen) atoms. The second kappa shape index (κ2) is 22.4. The van der Waals surface area contributed by atoms with E-state index >= 15 is 0 Å². The molecular formula is C50H51N7O12S. The molecule has 4 amide bonds. The molecule has 2 aromatic heterocycles. The third-order valence-electron chi connectivity index (χ3n) is 11.9. The lowest BCUT2D eigenvalue weighted by molar-refractivity contribution is -0.128. The van der Waals surface area contributed by atoms with Crippen LogP contribution in [0.15, 0.2) is 100 Å². The highest BCUT2D eigenvalue weighted by atomic mass is 32.1. The number of benzene rings is 4. The summed E-state index contributed by atoms with van der Waals surface area (Å²) in [6.45, 7) is 3.24. The molecule has 4 N–H and O–H groups in total. The first-order valence-electron chi connectivity index (χ1n) is 22.7. The zero-order valence-electron chi connectivity index (χ0n) is 38.0. The number of aldehydes is 1. The van der Waals surface area contributed by atoms with E-state index in [0.29, 0.717) is 68.4 Å². The van der Waals surface area contributed by atoms with Crippen molar-refractivity contribution in [3.63, 3.8) is 0 Å². The van der Waals surface area contributed by atoms with Gasteiger partial charge in [-0.3, -0.25) is 24.0 Å². The first-order chi connectivity index (χ1) is 33.9. The monoisotopic (exact) mass is 973 g/mol. The number of fused-ring (bicyclic) bond motifs is 6. The van der Waals surface area contributed by atoms with Gasteiger partial charge in [0.2, 0.25) is 23.5 Å². The average Bonchev–Trinajstić information content (AvgIpc) is 3.92. The minimum atomic E-state index is -1.04. The van der Waals surface area contributed by atoms with Gasteiger partial charge < -0.3 is 54.1 Å². The summed E-state index contributed by atoms with van der Waals surface area (Å²) in [6, 6.07) is 25.6. The number of aromatic hydroxyl groups is 2. The number of hydrogen-bond acceptors (Lipinski definition) is 15. The lowest BCUT2D eigenvalue weighted by Gasteiger charge is -2.28. The highest BCUT2D eigenvalue weighted by molar-refractivity contribution is 7.82. The van der Waals surface area contributed by atoms with Crippen LogP contribution < -0.4 is 21.0 Å². The number of thiol groups is 1. The number of phenolic OH excluding ortho intramolecular Hbond substituents is 2. The largest absolute Gasteiger partial charge is 0.504 e. The number of nitrogens with one attached hydrogen (secondary N) is 2. The van der Waals surface area contributed by atoms with E-state index in [-0.39, 0.29) is 104 Å². The van der Waals surface area contributed by atoms with Crippen molar-refractivity contribution >= 4 is 59.2 Å². The maximum atomic E-state index is 13.9. The molecule has 0 spiro atoms. The van der Waals surface area contributed by atoms with Gasteiger partial charge in [-0.25, -0.2) is 4.68 Å². The number of carbonyl (C=O) groups is 5. The van der Waals surface area contributed by atoms with E-state index in [1.807, 2.05) is 48.5 Å². The van der Waals surface area contributed by atoms with Crippen LogP contribution in [0.5, 0.6) is 11.5 Å². The Balaban J connectivity index is 0.749. The summed E-state index contributed by atoms with van der Waals surface area (Å²) < 4.78 is 23.6. The highest BCUT2D eigenvalue weighted by Crippen LogP contribution is 2.41. The minimum Gasteiger partial charge on any atom is -0.504 e. The van der Waals surface area contributed by atoms with E-state index in [0.717, 1.165) is 22.4 Å². The summed E-state index contributed by atoms with van der Waals surface area (Å²) in [6.07, 6.45) is 0.725. The molecule has 19 nitrogen and oxygen atoms in total. The van der Waals surface area contributed by atoms with Crippen LogP contribution in [-0.2, 0) is 46.5 Å². The quantitative estimate of drug-likeness (QED) is 0.0295. The van der Waals surface area contributed by atoms with Crippen LogP contribution >= 0.6 is 12.6 Å². The molecular weight excluding hydrogens is 923 g/mol. The third-order valence-corrected chi connectivity index (χ3v) is 12.3. The van der Waals surface area contributed by atoms with Crippen molar-refractivity contribution in [2.45, 2.75) is 37.1 Å². The molecule has 364 valence electrons. The number of ether oxygens (including phenoxy) is 3. The van der Waals surface area contributed by atoms with E-state index < -0.39 is 16.2 Å². The van der Waals surface area contributed by atoms with Crippen LogP contribution in [0.25, 0.3) is 44.8 Å². The number of nitrogens with zero attached hydrogens (tertiary/aromatic N) is 5. The van der Waals surface area contributed by atoms with Crippen LogP contribution in [0.4, 0.5) is 5.69 Å². The average molecular weight is 974 g/mol. The van der Waals surface area contributed by atoms with Gasteiger partial charge in [0.25, 0.3) is 5.91 Å². The number of amides is 4. The van der Waals surface area contributed by atoms with Gasteiger partial charge in [-0.1, -0.05) is 59.8 Å². The first kappa shape index (κ1) is 49.0. The standard InChI is InChI=1S/C50H51N7O12S/c58-31-50(70)28-44(63)55(30-50)19-16-42(61)51-17-15-43(62)56-29-34-5-1-2-6-35(34)46-45(36-7-3-4-8-38(36)56)53-54-57(46)20-22-67-24-26-68-25-23-66-21-18-52-49(65)33-11-9-32(10-12-33)41-27-40(60)37-13-14-39(59)47(64)48(37)69-41/h1-14,27,31,59,64,70H,15-26,28-30H2,(H,51,61)(H,52,65). The van der Waals surface area contributed by atoms with Crippen LogP contribution in [0.2, 0.25) is 0 Å². The maximum absolute atomic E-state index is 13.9. The molecule has 2 aliphatic heterocycles. The molecule has 0 radical (unpaired) electrons. The number of para-hydroxylation sites is 1. The Kier molecular flexibility index (Phi) is 15.7. The fraction of sp³-hybridized carbons (Fsp3) is 0.320. The van der Waals surface area contributed by atoms with Crippen molar-refractivity contribution in [1.29, 1.82) is 0 Å². The van der Waals surface area contributed by atoms with Gasteiger partial charge >= 0.3 is 0 Å². The molecule has 8 rings (SSSR count). The lowest BCUT2D eigenvalue weighted by Crippen LogP contribution is -2.37.